The number of nitrogens with zero attached hydrogens (tertiary/aromatic N) is 1. The molecule has 1 aromatic carbocycles. The average molecular weight is 206 g/mol. The molecule has 0 aliphatic heterocycles. The number of nitrogens with one attached hydrogen (secondary N) is 1. The summed E-state index contributed by atoms with van der Waals surface area (Å²) in [5, 5.41) is 7.78. The minimum Gasteiger partial charge on any atom is -0.496 e. The molecule has 2 aromatic rings. The predicted octanol–water partition coefficient (Wildman–Crippen LogP) is 2.57. The summed E-state index contributed by atoms with van der Waals surface area (Å²) in [5.74, 6) is 0.875. The van der Waals surface area contributed by atoms with Gasteiger partial charge in [-0.25, -0.2) is 0 Å². The van der Waals surface area contributed by atoms with Crippen molar-refractivity contribution in [3.8, 4) is 5.75 Å². The number of H-pyrrole nitrogens is 1. The van der Waals surface area contributed by atoms with Crippen LogP contribution in [0.4, 0.5) is 0 Å². The molecule has 0 amide bonds. The van der Waals surface area contributed by atoms with E-state index >= 15 is 0 Å². The molecule has 3 nitrogen and oxygen atoms in total. The zero-order chi connectivity index (χ0) is 9.80. The lowest BCUT2D eigenvalue weighted by molar-refractivity contribution is 0.405. The minimum absolute atomic E-state index is 0.875. The lowest BCUT2D eigenvalue weighted by atomic mass is 10.3. The third-order valence-corrected chi connectivity index (χ3v) is 2.75. The van der Waals surface area contributed by atoms with Crippen molar-refractivity contribution in [1.82, 2.24) is 10.2 Å². The summed E-state index contributed by atoms with van der Waals surface area (Å²) in [4.78, 5) is 1.07. The molecule has 0 saturated heterocycles. The smallest absolute Gasteiger partial charge is 0.132 e. The van der Waals surface area contributed by atoms with Crippen LogP contribution in [0.15, 0.2) is 46.5 Å². The Balaban J connectivity index is 2.24. The van der Waals surface area contributed by atoms with E-state index in [0.29, 0.717) is 0 Å². The predicted molar refractivity (Wildman–Crippen MR) is 55.7 cm³/mol. The van der Waals surface area contributed by atoms with Crippen LogP contribution < -0.4 is 4.74 Å². The molecule has 0 radical (unpaired) electrons. The van der Waals surface area contributed by atoms with E-state index < -0.39 is 0 Å². The fraction of sp³-hybridized carbons (Fsp3) is 0.100. The summed E-state index contributed by atoms with van der Waals surface area (Å²) >= 11 is 1.58. The van der Waals surface area contributed by atoms with Crippen LogP contribution in [0.2, 0.25) is 0 Å². The molecule has 0 fully saturated rings. The van der Waals surface area contributed by atoms with Crippen molar-refractivity contribution in [3.05, 3.63) is 36.5 Å². The number of para-hydroxylation sites is 1. The van der Waals surface area contributed by atoms with Crippen LogP contribution in [0.1, 0.15) is 0 Å². The number of aromatic amines is 1. The van der Waals surface area contributed by atoms with E-state index in [2.05, 4.69) is 10.2 Å². The normalized spacial score (nSPS) is 10.1. The second-order valence-electron chi connectivity index (χ2n) is 2.67. The van der Waals surface area contributed by atoms with Gasteiger partial charge in [0.05, 0.1) is 12.0 Å². The highest BCUT2D eigenvalue weighted by atomic mass is 32.2. The van der Waals surface area contributed by atoms with Gasteiger partial charge in [0.2, 0.25) is 0 Å². The van der Waals surface area contributed by atoms with E-state index in [9.17, 15) is 0 Å². The van der Waals surface area contributed by atoms with Crippen LogP contribution in [-0.2, 0) is 0 Å². The highest BCUT2D eigenvalue weighted by molar-refractivity contribution is 7.99. The first-order chi connectivity index (χ1) is 6.90. The number of aromatic nitrogens is 2. The van der Waals surface area contributed by atoms with Crippen LogP contribution in [-0.4, -0.2) is 17.3 Å². The van der Waals surface area contributed by atoms with E-state index in [1.165, 1.54) is 0 Å². The van der Waals surface area contributed by atoms with Gasteiger partial charge in [-0.05, 0) is 18.2 Å². The van der Waals surface area contributed by atoms with Crippen molar-refractivity contribution in [2.24, 2.45) is 0 Å². The summed E-state index contributed by atoms with van der Waals surface area (Å²) in [6, 6.07) is 9.81. The van der Waals surface area contributed by atoms with Gasteiger partial charge in [0.25, 0.3) is 0 Å². The van der Waals surface area contributed by atoms with Crippen LogP contribution in [0.5, 0.6) is 5.75 Å². The fourth-order valence-electron chi connectivity index (χ4n) is 1.12. The molecule has 0 aliphatic carbocycles. The standard InChI is InChI=1S/C10H10N2OS/c1-13-8-4-2-3-5-9(8)14-10-6-7-11-12-10/h2-7H,1H3,(H,11,12). The molecule has 72 valence electrons. The largest absolute Gasteiger partial charge is 0.496 e. The first kappa shape index (κ1) is 9.15. The molecule has 0 spiro atoms. The number of rotatable bonds is 3. The van der Waals surface area contributed by atoms with E-state index in [4.69, 9.17) is 4.74 Å². The molecule has 14 heavy (non-hydrogen) atoms. The SMILES string of the molecule is COc1ccccc1Sc1cc[nH]n1. The molecule has 1 N–H and O–H groups in total. The molecule has 0 unspecified atom stereocenters. The van der Waals surface area contributed by atoms with Gasteiger partial charge in [-0.3, -0.25) is 5.10 Å². The highest BCUT2D eigenvalue weighted by Crippen LogP contribution is 2.32. The van der Waals surface area contributed by atoms with Crippen molar-refractivity contribution in [2.45, 2.75) is 9.92 Å². The minimum atomic E-state index is 0.875. The van der Waals surface area contributed by atoms with Crippen molar-refractivity contribution in [1.29, 1.82) is 0 Å². The Bertz CT molecular complexity index is 400. The monoisotopic (exact) mass is 206 g/mol. The first-order valence-corrected chi connectivity index (χ1v) is 5.02. The second-order valence-corrected chi connectivity index (χ2v) is 3.73. The van der Waals surface area contributed by atoms with E-state index in [-0.39, 0.29) is 0 Å². The zero-order valence-corrected chi connectivity index (χ0v) is 8.54. The van der Waals surface area contributed by atoms with Crippen molar-refractivity contribution < 1.29 is 4.74 Å². The molecule has 0 aliphatic rings. The van der Waals surface area contributed by atoms with Crippen molar-refractivity contribution in [2.75, 3.05) is 7.11 Å². The number of methoxy groups -OCH3 is 1. The molecule has 2 rings (SSSR count). The molecule has 0 atom stereocenters. The van der Waals surface area contributed by atoms with Crippen LogP contribution in [0.25, 0.3) is 0 Å². The Morgan fingerprint density at radius 2 is 2.14 bits per heavy atom. The quantitative estimate of drug-likeness (QED) is 0.838. The Labute approximate surface area is 86.5 Å². The van der Waals surface area contributed by atoms with Crippen LogP contribution in [0, 0.1) is 0 Å². The molecule has 1 heterocycles. The van der Waals surface area contributed by atoms with Gasteiger partial charge in [-0.1, -0.05) is 23.9 Å². The van der Waals surface area contributed by atoms with Gasteiger partial charge in [0, 0.05) is 6.20 Å². The van der Waals surface area contributed by atoms with Gasteiger partial charge < -0.3 is 4.74 Å². The van der Waals surface area contributed by atoms with E-state index in [1.807, 2.05) is 30.3 Å². The first-order valence-electron chi connectivity index (χ1n) is 4.21. The van der Waals surface area contributed by atoms with E-state index in [0.717, 1.165) is 15.7 Å². The maximum atomic E-state index is 5.24. The summed E-state index contributed by atoms with van der Waals surface area (Å²) < 4.78 is 5.24. The highest BCUT2D eigenvalue weighted by Gasteiger charge is 2.04. The lowest BCUT2D eigenvalue weighted by Gasteiger charge is -2.04. The summed E-state index contributed by atoms with van der Waals surface area (Å²) in [6.07, 6.45) is 1.80. The number of hydrogen-bond acceptors (Lipinski definition) is 3. The van der Waals surface area contributed by atoms with Crippen molar-refractivity contribution in [3.63, 3.8) is 0 Å². The third kappa shape index (κ3) is 1.90. The van der Waals surface area contributed by atoms with Gasteiger partial charge in [-0.15, -0.1) is 0 Å². The second kappa shape index (κ2) is 4.19. The van der Waals surface area contributed by atoms with Crippen LogP contribution in [0.3, 0.4) is 0 Å². The lowest BCUT2D eigenvalue weighted by Crippen LogP contribution is -1.85. The van der Waals surface area contributed by atoms with Crippen molar-refractivity contribution >= 4 is 11.8 Å². The number of ether oxygens (including phenoxy) is 1. The fourth-order valence-corrected chi connectivity index (χ4v) is 1.98. The Morgan fingerprint density at radius 3 is 2.86 bits per heavy atom. The molecule has 0 bridgehead atoms. The summed E-state index contributed by atoms with van der Waals surface area (Å²) in [7, 11) is 1.67. The summed E-state index contributed by atoms with van der Waals surface area (Å²) in [6.45, 7) is 0. The van der Waals surface area contributed by atoms with Gasteiger partial charge in [0.1, 0.15) is 10.8 Å². The van der Waals surface area contributed by atoms with Gasteiger partial charge >= 0.3 is 0 Å². The van der Waals surface area contributed by atoms with E-state index in [1.54, 1.807) is 25.1 Å². The molecular formula is C10H10N2OS. The maximum absolute atomic E-state index is 5.24. The number of hydrogen-bond donors (Lipinski definition) is 1. The Morgan fingerprint density at radius 1 is 1.29 bits per heavy atom. The number of benzene rings is 1. The maximum Gasteiger partial charge on any atom is 0.132 e. The topological polar surface area (TPSA) is 37.9 Å². The molecule has 4 heteroatoms. The van der Waals surface area contributed by atoms with Gasteiger partial charge in [-0.2, -0.15) is 5.10 Å². The molecule has 1 aromatic heterocycles. The molecule has 0 saturated carbocycles. The van der Waals surface area contributed by atoms with Gasteiger partial charge in [0.15, 0.2) is 0 Å². The molecular weight excluding hydrogens is 196 g/mol. The average Bonchev–Trinajstić information content (AvgIpc) is 2.71. The van der Waals surface area contributed by atoms with Crippen LogP contribution >= 0.6 is 11.8 Å². The summed E-state index contributed by atoms with van der Waals surface area (Å²) in [5.41, 5.74) is 0. The Kier molecular flexibility index (Phi) is 2.74. The Hall–Kier alpha value is -1.42. The zero-order valence-electron chi connectivity index (χ0n) is 7.73. The third-order valence-electron chi connectivity index (χ3n) is 1.76.